The second kappa shape index (κ2) is 7.19. The first kappa shape index (κ1) is 12.8. The van der Waals surface area contributed by atoms with E-state index in [4.69, 9.17) is 28.9 Å². The summed E-state index contributed by atoms with van der Waals surface area (Å²) in [6, 6.07) is 5.46. The molecule has 13 heavy (non-hydrogen) atoms. The van der Waals surface area contributed by atoms with E-state index in [0.717, 1.165) is 12.0 Å². The summed E-state index contributed by atoms with van der Waals surface area (Å²) in [5.41, 5.74) is 6.32. The molecule has 0 saturated heterocycles. The van der Waals surface area contributed by atoms with E-state index < -0.39 is 0 Å². The fourth-order valence-electron chi connectivity index (χ4n) is 0.916. The van der Waals surface area contributed by atoms with Gasteiger partial charge in [-0.25, -0.2) is 0 Å². The molecule has 0 fully saturated rings. The van der Waals surface area contributed by atoms with Crippen LogP contribution in [0.15, 0.2) is 18.2 Å². The van der Waals surface area contributed by atoms with Crippen molar-refractivity contribution in [1.29, 1.82) is 0 Å². The Labute approximate surface area is 89.8 Å². The Morgan fingerprint density at radius 1 is 1.15 bits per heavy atom. The molecule has 0 unspecified atom stereocenters. The van der Waals surface area contributed by atoms with Gasteiger partial charge in [-0.2, -0.15) is 0 Å². The first-order chi connectivity index (χ1) is 6.25. The van der Waals surface area contributed by atoms with Crippen LogP contribution >= 0.6 is 23.2 Å². The molecule has 0 heterocycles. The second-order valence-electron chi connectivity index (χ2n) is 2.24. The van der Waals surface area contributed by atoms with Crippen LogP contribution in [0.4, 0.5) is 0 Å². The second-order valence-corrected chi connectivity index (χ2v) is 3.05. The molecule has 1 nitrogen and oxygen atoms in total. The highest BCUT2D eigenvalue weighted by Gasteiger charge is 2.02. The van der Waals surface area contributed by atoms with Gasteiger partial charge in [0.05, 0.1) is 0 Å². The topological polar surface area (TPSA) is 26.0 Å². The maximum absolute atomic E-state index is 5.87. The quantitative estimate of drug-likeness (QED) is 0.810. The fourth-order valence-corrected chi connectivity index (χ4v) is 1.50. The van der Waals surface area contributed by atoms with Crippen LogP contribution in [0.5, 0.6) is 0 Å². The van der Waals surface area contributed by atoms with Crippen LogP contribution in [0, 0.1) is 0 Å². The van der Waals surface area contributed by atoms with Crippen molar-refractivity contribution in [2.75, 3.05) is 6.54 Å². The van der Waals surface area contributed by atoms with E-state index in [-0.39, 0.29) is 0 Å². The van der Waals surface area contributed by atoms with Gasteiger partial charge in [0.1, 0.15) is 0 Å². The fraction of sp³-hybridized carbons (Fsp3) is 0.400. The lowest BCUT2D eigenvalue weighted by Crippen LogP contribution is -2.03. The predicted molar refractivity (Wildman–Crippen MR) is 60.6 cm³/mol. The highest BCUT2D eigenvalue weighted by atomic mass is 35.5. The molecule has 1 rings (SSSR count). The molecule has 1 aromatic rings. The molecule has 74 valence electrons. The van der Waals surface area contributed by atoms with Crippen molar-refractivity contribution in [3.05, 3.63) is 33.8 Å². The summed E-state index contributed by atoms with van der Waals surface area (Å²) in [6.45, 7) is 4.57. The average molecular weight is 220 g/mol. The van der Waals surface area contributed by atoms with Gasteiger partial charge in [0.2, 0.25) is 0 Å². The van der Waals surface area contributed by atoms with Gasteiger partial charge >= 0.3 is 0 Å². The lowest BCUT2D eigenvalue weighted by molar-refractivity contribution is 0.969. The van der Waals surface area contributed by atoms with Crippen molar-refractivity contribution in [3.8, 4) is 0 Å². The van der Waals surface area contributed by atoms with E-state index >= 15 is 0 Å². The molecule has 0 aliphatic rings. The van der Waals surface area contributed by atoms with Crippen molar-refractivity contribution >= 4 is 23.2 Å². The molecular weight excluding hydrogens is 205 g/mol. The normalized spacial score (nSPS) is 9.00. The molecule has 0 aromatic heterocycles. The Bertz CT molecular complexity index is 228. The minimum atomic E-state index is 0.573. The molecule has 2 N–H and O–H groups in total. The van der Waals surface area contributed by atoms with Gasteiger partial charge in [-0.05, 0) is 30.7 Å². The lowest BCUT2D eigenvalue weighted by atomic mass is 10.1. The third-order valence-corrected chi connectivity index (χ3v) is 2.16. The number of hydrogen-bond donors (Lipinski definition) is 1. The Morgan fingerprint density at radius 2 is 1.62 bits per heavy atom. The Kier molecular flexibility index (Phi) is 7.06. The maximum atomic E-state index is 5.87. The van der Waals surface area contributed by atoms with E-state index in [9.17, 15) is 0 Å². The molecule has 0 atom stereocenters. The van der Waals surface area contributed by atoms with E-state index in [1.54, 1.807) is 0 Å². The monoisotopic (exact) mass is 219 g/mol. The number of rotatable bonds is 2. The molecule has 0 aliphatic carbocycles. The number of benzene rings is 1. The van der Waals surface area contributed by atoms with Crippen LogP contribution in [0.2, 0.25) is 10.0 Å². The summed E-state index contributed by atoms with van der Waals surface area (Å²) >= 11 is 11.7. The Morgan fingerprint density at radius 3 is 2.00 bits per heavy atom. The summed E-state index contributed by atoms with van der Waals surface area (Å²) in [5.74, 6) is 0. The highest BCUT2D eigenvalue weighted by molar-refractivity contribution is 6.35. The van der Waals surface area contributed by atoms with Gasteiger partial charge in [0, 0.05) is 10.0 Å². The van der Waals surface area contributed by atoms with Gasteiger partial charge < -0.3 is 5.73 Å². The summed E-state index contributed by atoms with van der Waals surface area (Å²) in [7, 11) is 0. The lowest BCUT2D eigenvalue weighted by Gasteiger charge is -2.03. The molecule has 0 bridgehead atoms. The third kappa shape index (κ3) is 3.99. The SMILES string of the molecule is CC.NCCc1c(Cl)cccc1Cl. The molecule has 0 amide bonds. The first-order valence-electron chi connectivity index (χ1n) is 4.38. The van der Waals surface area contributed by atoms with Crippen molar-refractivity contribution in [3.63, 3.8) is 0 Å². The zero-order valence-corrected chi connectivity index (χ0v) is 9.49. The smallest absolute Gasteiger partial charge is 0.0453 e. The zero-order chi connectivity index (χ0) is 10.3. The van der Waals surface area contributed by atoms with E-state index in [0.29, 0.717) is 16.6 Å². The maximum Gasteiger partial charge on any atom is 0.0453 e. The van der Waals surface area contributed by atoms with E-state index in [1.807, 2.05) is 32.0 Å². The summed E-state index contributed by atoms with van der Waals surface area (Å²) in [6.07, 6.45) is 0.735. The average Bonchev–Trinajstić information content (AvgIpc) is 2.15. The number of nitrogens with two attached hydrogens (primary N) is 1. The van der Waals surface area contributed by atoms with E-state index in [2.05, 4.69) is 0 Å². The van der Waals surface area contributed by atoms with E-state index in [1.165, 1.54) is 0 Å². The summed E-state index contributed by atoms with van der Waals surface area (Å²) < 4.78 is 0. The first-order valence-corrected chi connectivity index (χ1v) is 5.14. The Balaban J connectivity index is 0.000000671. The van der Waals surface area contributed by atoms with Gasteiger partial charge in [-0.1, -0.05) is 43.1 Å². The molecule has 0 spiro atoms. The van der Waals surface area contributed by atoms with Crippen LogP contribution < -0.4 is 5.73 Å². The van der Waals surface area contributed by atoms with Gasteiger partial charge in [-0.3, -0.25) is 0 Å². The largest absolute Gasteiger partial charge is 0.330 e. The standard InChI is InChI=1S/C8H9Cl2N.C2H6/c9-7-2-1-3-8(10)6(7)4-5-11;1-2/h1-3H,4-5,11H2;1-2H3. The molecule has 3 heteroatoms. The highest BCUT2D eigenvalue weighted by Crippen LogP contribution is 2.23. The summed E-state index contributed by atoms with van der Waals surface area (Å²) in [5, 5.41) is 1.39. The third-order valence-electron chi connectivity index (χ3n) is 1.46. The number of hydrogen-bond acceptors (Lipinski definition) is 1. The molecule has 1 aromatic carbocycles. The zero-order valence-electron chi connectivity index (χ0n) is 7.98. The Hall–Kier alpha value is -0.240. The minimum Gasteiger partial charge on any atom is -0.330 e. The molecule has 0 saturated carbocycles. The molecule has 0 radical (unpaired) electrons. The van der Waals surface area contributed by atoms with Crippen molar-refractivity contribution in [2.24, 2.45) is 5.73 Å². The van der Waals surface area contributed by atoms with Gasteiger partial charge in [0.25, 0.3) is 0 Å². The van der Waals surface area contributed by atoms with Crippen LogP contribution in [0.1, 0.15) is 19.4 Å². The molecular formula is C10H15Cl2N. The van der Waals surface area contributed by atoms with Crippen LogP contribution in [0.3, 0.4) is 0 Å². The van der Waals surface area contributed by atoms with Crippen molar-refractivity contribution in [1.82, 2.24) is 0 Å². The van der Waals surface area contributed by atoms with Crippen LogP contribution in [0.25, 0.3) is 0 Å². The van der Waals surface area contributed by atoms with Gasteiger partial charge in [0.15, 0.2) is 0 Å². The minimum absolute atomic E-state index is 0.573. The predicted octanol–water partition coefficient (Wildman–Crippen LogP) is 3.52. The summed E-state index contributed by atoms with van der Waals surface area (Å²) in [4.78, 5) is 0. The number of halogens is 2. The van der Waals surface area contributed by atoms with Crippen molar-refractivity contribution < 1.29 is 0 Å². The van der Waals surface area contributed by atoms with Crippen LogP contribution in [-0.4, -0.2) is 6.54 Å². The van der Waals surface area contributed by atoms with Crippen LogP contribution in [-0.2, 0) is 6.42 Å². The molecule has 0 aliphatic heterocycles. The van der Waals surface area contributed by atoms with Gasteiger partial charge in [-0.15, -0.1) is 0 Å². The van der Waals surface area contributed by atoms with Crippen molar-refractivity contribution in [2.45, 2.75) is 20.3 Å².